The first-order chi connectivity index (χ1) is 3.41. The van der Waals surface area contributed by atoms with Crippen LogP contribution in [0.4, 0.5) is 0 Å². The molecule has 0 saturated heterocycles. The van der Waals surface area contributed by atoms with Crippen molar-refractivity contribution in [3.8, 4) is 0 Å². The van der Waals surface area contributed by atoms with Crippen molar-refractivity contribution >= 4 is 29.0 Å². The first kappa shape index (κ1) is 11.6. The predicted molar refractivity (Wildman–Crippen MR) is 44.8 cm³/mol. The van der Waals surface area contributed by atoms with Crippen LogP contribution in [-0.2, 0) is 0 Å². The number of halogens is 1. The van der Waals surface area contributed by atoms with Crippen LogP contribution in [0.25, 0.3) is 0 Å². The zero-order valence-corrected chi connectivity index (χ0v) is 5.67. The van der Waals surface area contributed by atoms with Crippen molar-refractivity contribution in [2.24, 2.45) is 0 Å². The van der Waals surface area contributed by atoms with Gasteiger partial charge in [0.1, 0.15) is 0 Å². The maximum absolute atomic E-state index is 5.44. The molecule has 0 saturated carbocycles. The Morgan fingerprint density at radius 3 is 2.12 bits per heavy atom. The molecule has 0 fully saturated rings. The molecule has 0 aliphatic carbocycles. The molecule has 0 heterocycles. The quantitative estimate of drug-likeness (QED) is 0.325. The van der Waals surface area contributed by atoms with Gasteiger partial charge in [0.2, 0.25) is 0 Å². The second-order valence-corrected chi connectivity index (χ2v) is 2.13. The number of hydrogen-bond donors (Lipinski definition) is 0. The van der Waals surface area contributed by atoms with Gasteiger partial charge in [-0.2, -0.15) is 0 Å². The average Bonchev–Trinajstić information content (AvgIpc) is 1.69. The summed E-state index contributed by atoms with van der Waals surface area (Å²) in [6.45, 7) is 2.20. The first-order valence-corrected chi connectivity index (χ1v) is 3.51. The Morgan fingerprint density at radius 2 is 1.75 bits per heavy atom. The van der Waals surface area contributed by atoms with E-state index >= 15 is 0 Å². The van der Waals surface area contributed by atoms with E-state index in [9.17, 15) is 0 Å². The maximum atomic E-state index is 5.44. The topological polar surface area (TPSA) is 0 Å². The van der Waals surface area contributed by atoms with Gasteiger partial charge in [0.15, 0.2) is 17.4 Å². The SMILES string of the molecule is CCCCCCCl.[AlH3]. The molecular formula is C6H16AlCl. The fraction of sp³-hybridized carbons (Fsp3) is 1.00. The zero-order valence-electron chi connectivity index (χ0n) is 4.91. The molecule has 0 aromatic rings. The molecule has 0 nitrogen and oxygen atoms in total. The lowest BCUT2D eigenvalue weighted by Crippen LogP contribution is -1.74. The van der Waals surface area contributed by atoms with Gasteiger partial charge >= 0.3 is 0 Å². The molecule has 0 N–H and O–H groups in total. The minimum atomic E-state index is 0. The third kappa shape index (κ3) is 9.95. The monoisotopic (exact) mass is 150 g/mol. The smallest absolute Gasteiger partial charge is 0.127 e. The maximum Gasteiger partial charge on any atom is 0.187 e. The van der Waals surface area contributed by atoms with E-state index in [1.807, 2.05) is 0 Å². The van der Waals surface area contributed by atoms with Crippen molar-refractivity contribution in [2.75, 3.05) is 5.88 Å². The van der Waals surface area contributed by atoms with E-state index in [4.69, 9.17) is 11.6 Å². The molecular weight excluding hydrogens is 135 g/mol. The molecule has 0 atom stereocenters. The average molecular weight is 151 g/mol. The van der Waals surface area contributed by atoms with Gasteiger partial charge < -0.3 is 0 Å². The molecule has 0 aliphatic rings. The number of alkyl halides is 1. The number of rotatable bonds is 4. The van der Waals surface area contributed by atoms with Gasteiger partial charge in [-0.15, -0.1) is 11.6 Å². The van der Waals surface area contributed by atoms with Gasteiger partial charge in [-0.25, -0.2) is 0 Å². The van der Waals surface area contributed by atoms with Gasteiger partial charge in [-0.05, 0) is 6.42 Å². The molecule has 0 aliphatic heterocycles. The summed E-state index contributed by atoms with van der Waals surface area (Å²) >= 11 is 5.44. The highest BCUT2D eigenvalue weighted by molar-refractivity contribution is 6.17. The Kier molecular flexibility index (Phi) is 15.6. The lowest BCUT2D eigenvalue weighted by molar-refractivity contribution is 0.705. The molecule has 0 rings (SSSR count). The van der Waals surface area contributed by atoms with Crippen LogP contribution < -0.4 is 0 Å². The molecule has 8 heavy (non-hydrogen) atoms. The van der Waals surface area contributed by atoms with Crippen LogP contribution in [0.5, 0.6) is 0 Å². The van der Waals surface area contributed by atoms with E-state index in [1.54, 1.807) is 0 Å². The Balaban J connectivity index is 0. The summed E-state index contributed by atoms with van der Waals surface area (Å²) in [4.78, 5) is 0. The highest BCUT2D eigenvalue weighted by atomic mass is 35.5. The molecule has 0 amide bonds. The largest absolute Gasteiger partial charge is 0.187 e. The van der Waals surface area contributed by atoms with Crippen LogP contribution in [0.15, 0.2) is 0 Å². The molecule has 0 radical (unpaired) electrons. The van der Waals surface area contributed by atoms with Gasteiger partial charge in [0.05, 0.1) is 0 Å². The molecule has 0 spiro atoms. The van der Waals surface area contributed by atoms with Gasteiger partial charge in [0.25, 0.3) is 0 Å². The number of unbranched alkanes of at least 4 members (excludes halogenated alkanes) is 3. The lowest BCUT2D eigenvalue weighted by atomic mass is 10.2. The summed E-state index contributed by atoms with van der Waals surface area (Å²) in [7, 11) is 0. The van der Waals surface area contributed by atoms with E-state index in [-0.39, 0.29) is 17.4 Å². The molecule has 50 valence electrons. The summed E-state index contributed by atoms with van der Waals surface area (Å²) in [6, 6.07) is 0. The van der Waals surface area contributed by atoms with Crippen molar-refractivity contribution < 1.29 is 0 Å². The highest BCUT2D eigenvalue weighted by Crippen LogP contribution is 1.98. The fourth-order valence-corrected chi connectivity index (χ4v) is 0.710. The van der Waals surface area contributed by atoms with Crippen molar-refractivity contribution in [3.05, 3.63) is 0 Å². The lowest BCUT2D eigenvalue weighted by Gasteiger charge is -1.89. The van der Waals surface area contributed by atoms with Crippen molar-refractivity contribution in [2.45, 2.75) is 32.6 Å². The highest BCUT2D eigenvalue weighted by Gasteiger charge is 1.81. The van der Waals surface area contributed by atoms with E-state index in [2.05, 4.69) is 6.92 Å². The minimum Gasteiger partial charge on any atom is -0.127 e. The normalized spacial score (nSPS) is 8.25. The van der Waals surface area contributed by atoms with E-state index in [0.29, 0.717) is 0 Å². The third-order valence-corrected chi connectivity index (χ3v) is 1.25. The van der Waals surface area contributed by atoms with E-state index < -0.39 is 0 Å². The summed E-state index contributed by atoms with van der Waals surface area (Å²) in [5, 5.41) is 0. The van der Waals surface area contributed by atoms with Crippen LogP contribution in [0.3, 0.4) is 0 Å². The summed E-state index contributed by atoms with van der Waals surface area (Å²) < 4.78 is 0. The van der Waals surface area contributed by atoms with Crippen molar-refractivity contribution in [1.82, 2.24) is 0 Å². The summed E-state index contributed by atoms with van der Waals surface area (Å²) in [5.41, 5.74) is 0. The van der Waals surface area contributed by atoms with Crippen LogP contribution >= 0.6 is 11.6 Å². The fourth-order valence-electron chi connectivity index (χ4n) is 0.521. The standard InChI is InChI=1S/C6H13Cl.Al.3H/c1-2-3-4-5-6-7;;;;/h2-6H2,1H3;;;;. The van der Waals surface area contributed by atoms with E-state index in [0.717, 1.165) is 5.88 Å². The summed E-state index contributed by atoms with van der Waals surface area (Å²) in [6.07, 6.45) is 5.14. The third-order valence-electron chi connectivity index (χ3n) is 0.987. The Labute approximate surface area is 67.7 Å². The van der Waals surface area contributed by atoms with Crippen LogP contribution in [0.1, 0.15) is 32.6 Å². The van der Waals surface area contributed by atoms with Crippen LogP contribution in [0.2, 0.25) is 0 Å². The molecule has 2 heteroatoms. The predicted octanol–water partition coefficient (Wildman–Crippen LogP) is 1.62. The van der Waals surface area contributed by atoms with Crippen molar-refractivity contribution in [1.29, 1.82) is 0 Å². The van der Waals surface area contributed by atoms with Gasteiger partial charge in [-0.1, -0.05) is 26.2 Å². The van der Waals surface area contributed by atoms with Crippen LogP contribution in [0, 0.1) is 0 Å². The van der Waals surface area contributed by atoms with Gasteiger partial charge in [-0.3, -0.25) is 0 Å². The molecule has 0 aromatic carbocycles. The first-order valence-electron chi connectivity index (χ1n) is 2.97. The second kappa shape index (κ2) is 10.7. The molecule has 0 aromatic heterocycles. The Hall–Kier alpha value is 0.822. The number of hydrogen-bond acceptors (Lipinski definition) is 0. The molecule has 0 bridgehead atoms. The Bertz CT molecular complexity index is 27.7. The summed E-state index contributed by atoms with van der Waals surface area (Å²) in [5.74, 6) is 0.833. The van der Waals surface area contributed by atoms with Crippen molar-refractivity contribution in [3.63, 3.8) is 0 Å². The van der Waals surface area contributed by atoms with E-state index in [1.165, 1.54) is 25.7 Å². The van der Waals surface area contributed by atoms with Gasteiger partial charge in [0, 0.05) is 5.88 Å². The molecule has 0 unspecified atom stereocenters. The minimum absolute atomic E-state index is 0. The zero-order chi connectivity index (χ0) is 5.54. The second-order valence-electron chi connectivity index (χ2n) is 1.75. The van der Waals surface area contributed by atoms with Crippen LogP contribution in [-0.4, -0.2) is 23.2 Å². The Morgan fingerprint density at radius 1 is 1.12 bits per heavy atom.